The zero-order chi connectivity index (χ0) is 20.2. The van der Waals surface area contributed by atoms with E-state index in [1.54, 1.807) is 7.11 Å². The van der Waals surface area contributed by atoms with E-state index in [0.29, 0.717) is 26.2 Å². The van der Waals surface area contributed by atoms with Crippen LogP contribution in [0.2, 0.25) is 0 Å². The number of hydrogen-bond donors (Lipinski definition) is 1. The standard InChI is InChI=1S/C22H26N4O3/c1-16-3-8-20-19(13-16)24-21(29-20)15-25-9-11-26(12-10-25)22(27)23-14-17-4-6-18(28-2)7-5-17/h3-8,13H,9-12,14-15H2,1-2H3,(H,23,27). The lowest BCUT2D eigenvalue weighted by Crippen LogP contribution is -2.51. The molecule has 1 fully saturated rings. The average Bonchev–Trinajstić information content (AvgIpc) is 3.14. The van der Waals surface area contributed by atoms with Crippen LogP contribution >= 0.6 is 0 Å². The van der Waals surface area contributed by atoms with Gasteiger partial charge in [-0.05, 0) is 42.3 Å². The Morgan fingerprint density at radius 3 is 2.62 bits per heavy atom. The number of ether oxygens (including phenoxy) is 1. The Hall–Kier alpha value is -3.06. The van der Waals surface area contributed by atoms with Crippen molar-refractivity contribution in [1.29, 1.82) is 0 Å². The van der Waals surface area contributed by atoms with Gasteiger partial charge >= 0.3 is 6.03 Å². The molecule has 1 aromatic heterocycles. The molecule has 152 valence electrons. The highest BCUT2D eigenvalue weighted by Gasteiger charge is 2.22. The zero-order valence-corrected chi connectivity index (χ0v) is 16.9. The molecular weight excluding hydrogens is 368 g/mol. The van der Waals surface area contributed by atoms with Gasteiger partial charge in [0.05, 0.1) is 13.7 Å². The Morgan fingerprint density at radius 2 is 1.90 bits per heavy atom. The van der Waals surface area contributed by atoms with Crippen molar-refractivity contribution < 1.29 is 13.9 Å². The van der Waals surface area contributed by atoms with Gasteiger partial charge in [-0.25, -0.2) is 9.78 Å². The highest BCUT2D eigenvalue weighted by atomic mass is 16.5. The fourth-order valence-electron chi connectivity index (χ4n) is 3.49. The average molecular weight is 394 g/mol. The van der Waals surface area contributed by atoms with Crippen LogP contribution in [-0.4, -0.2) is 54.1 Å². The van der Waals surface area contributed by atoms with Crippen molar-refractivity contribution >= 4 is 17.1 Å². The molecular formula is C22H26N4O3. The van der Waals surface area contributed by atoms with Crippen molar-refractivity contribution in [1.82, 2.24) is 20.1 Å². The number of carbonyl (C=O) groups is 1. The Morgan fingerprint density at radius 1 is 1.14 bits per heavy atom. The second-order valence-corrected chi connectivity index (χ2v) is 7.35. The summed E-state index contributed by atoms with van der Waals surface area (Å²) >= 11 is 0. The number of methoxy groups -OCH3 is 1. The molecule has 0 unspecified atom stereocenters. The number of benzene rings is 2. The predicted octanol–water partition coefficient (Wildman–Crippen LogP) is 3.17. The second-order valence-electron chi connectivity index (χ2n) is 7.35. The number of nitrogens with zero attached hydrogens (tertiary/aromatic N) is 3. The van der Waals surface area contributed by atoms with Crippen molar-refractivity contribution in [3.05, 3.63) is 59.5 Å². The zero-order valence-electron chi connectivity index (χ0n) is 16.9. The number of amides is 2. The van der Waals surface area contributed by atoms with Crippen molar-refractivity contribution in [3.8, 4) is 5.75 Å². The van der Waals surface area contributed by atoms with Crippen LogP contribution < -0.4 is 10.1 Å². The number of urea groups is 1. The first-order chi connectivity index (χ1) is 14.1. The van der Waals surface area contributed by atoms with Gasteiger partial charge in [-0.15, -0.1) is 0 Å². The van der Waals surface area contributed by atoms with E-state index >= 15 is 0 Å². The molecule has 7 nitrogen and oxygen atoms in total. The van der Waals surface area contributed by atoms with E-state index in [0.717, 1.165) is 41.4 Å². The minimum Gasteiger partial charge on any atom is -0.497 e. The van der Waals surface area contributed by atoms with Crippen LogP contribution in [0.4, 0.5) is 4.79 Å². The van der Waals surface area contributed by atoms with Gasteiger partial charge in [0.15, 0.2) is 5.58 Å². The quantitative estimate of drug-likeness (QED) is 0.720. The smallest absolute Gasteiger partial charge is 0.317 e. The highest BCUT2D eigenvalue weighted by molar-refractivity contribution is 5.74. The molecule has 1 saturated heterocycles. The van der Waals surface area contributed by atoms with Crippen LogP contribution in [0, 0.1) is 6.92 Å². The Kier molecular flexibility index (Phi) is 5.67. The molecule has 0 radical (unpaired) electrons. The lowest BCUT2D eigenvalue weighted by molar-refractivity contribution is 0.129. The largest absolute Gasteiger partial charge is 0.497 e. The molecule has 2 amide bonds. The van der Waals surface area contributed by atoms with Crippen molar-refractivity contribution in [3.63, 3.8) is 0 Å². The van der Waals surface area contributed by atoms with Crippen molar-refractivity contribution in [2.24, 2.45) is 0 Å². The first-order valence-electron chi connectivity index (χ1n) is 9.85. The Balaban J connectivity index is 1.25. The number of aromatic nitrogens is 1. The number of aryl methyl sites for hydroxylation is 1. The molecule has 7 heteroatoms. The van der Waals surface area contributed by atoms with Crippen LogP contribution in [0.15, 0.2) is 46.9 Å². The molecule has 2 aromatic carbocycles. The molecule has 1 aliphatic heterocycles. The molecule has 0 atom stereocenters. The number of nitrogens with one attached hydrogen (secondary N) is 1. The maximum atomic E-state index is 12.4. The maximum absolute atomic E-state index is 12.4. The first kappa shape index (κ1) is 19.3. The number of hydrogen-bond acceptors (Lipinski definition) is 5. The molecule has 3 aromatic rings. The summed E-state index contributed by atoms with van der Waals surface area (Å²) in [5, 5.41) is 2.99. The second kappa shape index (κ2) is 8.53. The van der Waals surface area contributed by atoms with Gasteiger partial charge in [-0.2, -0.15) is 0 Å². The molecule has 0 aliphatic carbocycles. The molecule has 1 N–H and O–H groups in total. The normalized spacial score (nSPS) is 14.9. The minimum atomic E-state index is -0.0298. The summed E-state index contributed by atoms with van der Waals surface area (Å²) in [6.45, 7) is 6.19. The molecule has 0 spiro atoms. The summed E-state index contributed by atoms with van der Waals surface area (Å²) in [6, 6.07) is 13.7. The number of rotatable bonds is 5. The van der Waals surface area contributed by atoms with Crippen LogP contribution in [0.1, 0.15) is 17.0 Å². The highest BCUT2D eigenvalue weighted by Crippen LogP contribution is 2.18. The summed E-state index contributed by atoms with van der Waals surface area (Å²) in [7, 11) is 1.64. The van der Waals surface area contributed by atoms with E-state index in [9.17, 15) is 4.79 Å². The molecule has 0 saturated carbocycles. The number of carbonyl (C=O) groups excluding carboxylic acids is 1. The SMILES string of the molecule is COc1ccc(CNC(=O)N2CCN(Cc3nc4cc(C)ccc4o3)CC2)cc1. The third-order valence-electron chi connectivity index (χ3n) is 5.21. The van der Waals surface area contributed by atoms with Gasteiger partial charge in [0.25, 0.3) is 0 Å². The summed E-state index contributed by atoms with van der Waals surface area (Å²) < 4.78 is 11.0. The molecule has 2 heterocycles. The van der Waals surface area contributed by atoms with E-state index in [2.05, 4.69) is 15.2 Å². The Labute approximate surface area is 170 Å². The monoisotopic (exact) mass is 394 g/mol. The lowest BCUT2D eigenvalue weighted by Gasteiger charge is -2.34. The fourth-order valence-corrected chi connectivity index (χ4v) is 3.49. The van der Waals surface area contributed by atoms with Crippen molar-refractivity contribution in [2.75, 3.05) is 33.3 Å². The summed E-state index contributed by atoms with van der Waals surface area (Å²) in [5.41, 5.74) is 3.94. The predicted molar refractivity (Wildman–Crippen MR) is 111 cm³/mol. The minimum absolute atomic E-state index is 0.0298. The van der Waals surface area contributed by atoms with Gasteiger partial charge in [0.1, 0.15) is 11.3 Å². The topological polar surface area (TPSA) is 70.8 Å². The van der Waals surface area contributed by atoms with E-state index in [-0.39, 0.29) is 6.03 Å². The lowest BCUT2D eigenvalue weighted by atomic mass is 10.2. The molecule has 4 rings (SSSR count). The van der Waals surface area contributed by atoms with Crippen LogP contribution in [0.25, 0.3) is 11.1 Å². The van der Waals surface area contributed by atoms with E-state index in [1.807, 2.05) is 54.3 Å². The van der Waals surface area contributed by atoms with Crippen LogP contribution in [-0.2, 0) is 13.1 Å². The van der Waals surface area contributed by atoms with Gasteiger partial charge < -0.3 is 19.4 Å². The van der Waals surface area contributed by atoms with Crippen LogP contribution in [0.5, 0.6) is 5.75 Å². The number of oxazole rings is 1. The van der Waals surface area contributed by atoms with Gasteiger partial charge in [0.2, 0.25) is 5.89 Å². The fraction of sp³-hybridized carbons (Fsp3) is 0.364. The number of fused-ring (bicyclic) bond motifs is 1. The van der Waals surface area contributed by atoms with Gasteiger partial charge in [-0.1, -0.05) is 18.2 Å². The van der Waals surface area contributed by atoms with Crippen LogP contribution in [0.3, 0.4) is 0 Å². The van der Waals surface area contributed by atoms with E-state index in [4.69, 9.17) is 9.15 Å². The molecule has 29 heavy (non-hydrogen) atoms. The summed E-state index contributed by atoms with van der Waals surface area (Å²) in [6.07, 6.45) is 0. The molecule has 1 aliphatic rings. The van der Waals surface area contributed by atoms with Gasteiger partial charge in [-0.3, -0.25) is 4.90 Å². The van der Waals surface area contributed by atoms with Crippen molar-refractivity contribution in [2.45, 2.75) is 20.0 Å². The summed E-state index contributed by atoms with van der Waals surface area (Å²) in [5.74, 6) is 1.54. The first-order valence-corrected chi connectivity index (χ1v) is 9.85. The maximum Gasteiger partial charge on any atom is 0.317 e. The number of piperazine rings is 1. The van der Waals surface area contributed by atoms with E-state index < -0.39 is 0 Å². The third kappa shape index (κ3) is 4.68. The third-order valence-corrected chi connectivity index (χ3v) is 5.21. The Bertz CT molecular complexity index is 975. The molecule has 0 bridgehead atoms. The summed E-state index contributed by atoms with van der Waals surface area (Å²) in [4.78, 5) is 21.2. The van der Waals surface area contributed by atoms with Gasteiger partial charge in [0, 0.05) is 32.7 Å². The van der Waals surface area contributed by atoms with E-state index in [1.165, 1.54) is 5.56 Å².